The Balaban J connectivity index is 1.52. The molecule has 0 radical (unpaired) electrons. The number of halogens is 1. The molecule has 1 N–H and O–H groups in total. The van der Waals surface area contributed by atoms with Crippen LogP contribution in [0.2, 0.25) is 5.02 Å². The van der Waals surface area contributed by atoms with Crippen LogP contribution in [0.3, 0.4) is 0 Å². The molecule has 1 aliphatic rings. The number of carbonyl (C=O) groups is 2. The maximum atomic E-state index is 12.3. The van der Waals surface area contributed by atoms with Crippen LogP contribution in [0.25, 0.3) is 0 Å². The second-order valence-corrected chi connectivity index (χ2v) is 6.78. The molecule has 0 unspecified atom stereocenters. The molecule has 28 heavy (non-hydrogen) atoms. The van der Waals surface area contributed by atoms with Crippen LogP contribution in [0.15, 0.2) is 30.3 Å². The summed E-state index contributed by atoms with van der Waals surface area (Å²) in [7, 11) is 0. The van der Waals surface area contributed by atoms with Crippen LogP contribution < -0.4 is 19.5 Å². The molecule has 1 atom stereocenters. The van der Waals surface area contributed by atoms with Gasteiger partial charge in [0.15, 0.2) is 24.2 Å². The summed E-state index contributed by atoms with van der Waals surface area (Å²) in [5.41, 5.74) is 2.14. The van der Waals surface area contributed by atoms with Crippen LogP contribution in [-0.2, 0) is 14.3 Å². The molecule has 8 heteroatoms. The highest BCUT2D eigenvalue weighted by Crippen LogP contribution is 2.34. The SMILES string of the molecule is Cc1cc(Cl)cc(C)c1OCC(=O)O[C@@H](C)C(=O)Nc1ccc2c(c1)OCO2. The Kier molecular flexibility index (Phi) is 5.94. The molecule has 0 bridgehead atoms. The minimum atomic E-state index is -0.992. The van der Waals surface area contributed by atoms with Gasteiger partial charge in [0.25, 0.3) is 5.91 Å². The minimum Gasteiger partial charge on any atom is -0.481 e. The van der Waals surface area contributed by atoms with Crippen molar-refractivity contribution in [1.29, 1.82) is 0 Å². The van der Waals surface area contributed by atoms with Crippen molar-refractivity contribution in [3.05, 3.63) is 46.5 Å². The van der Waals surface area contributed by atoms with Gasteiger partial charge in [-0.3, -0.25) is 4.79 Å². The average molecular weight is 406 g/mol. The fourth-order valence-electron chi connectivity index (χ4n) is 2.76. The molecule has 7 nitrogen and oxygen atoms in total. The van der Waals surface area contributed by atoms with Gasteiger partial charge in [0.05, 0.1) is 0 Å². The Bertz CT molecular complexity index is 891. The summed E-state index contributed by atoms with van der Waals surface area (Å²) in [5.74, 6) is 0.610. The van der Waals surface area contributed by atoms with E-state index < -0.39 is 18.0 Å². The average Bonchev–Trinajstić information content (AvgIpc) is 3.08. The normalized spacial score (nSPS) is 13.0. The summed E-state index contributed by atoms with van der Waals surface area (Å²) in [6.45, 7) is 4.99. The van der Waals surface area contributed by atoms with E-state index in [1.54, 1.807) is 30.3 Å². The molecular weight excluding hydrogens is 386 g/mol. The van der Waals surface area contributed by atoms with Crippen LogP contribution in [0.1, 0.15) is 18.1 Å². The molecule has 0 fully saturated rings. The van der Waals surface area contributed by atoms with Gasteiger partial charge in [0, 0.05) is 16.8 Å². The number of ether oxygens (including phenoxy) is 4. The van der Waals surface area contributed by atoms with Crippen molar-refractivity contribution in [2.24, 2.45) is 0 Å². The van der Waals surface area contributed by atoms with E-state index in [1.165, 1.54) is 6.92 Å². The van der Waals surface area contributed by atoms with E-state index >= 15 is 0 Å². The van der Waals surface area contributed by atoms with Crippen molar-refractivity contribution in [3.63, 3.8) is 0 Å². The molecule has 2 aromatic carbocycles. The number of fused-ring (bicyclic) bond motifs is 1. The van der Waals surface area contributed by atoms with Crippen LogP contribution in [0.4, 0.5) is 5.69 Å². The summed E-state index contributed by atoms with van der Waals surface area (Å²) < 4.78 is 21.2. The topological polar surface area (TPSA) is 83.1 Å². The van der Waals surface area contributed by atoms with Gasteiger partial charge in [0.2, 0.25) is 6.79 Å². The van der Waals surface area contributed by atoms with Gasteiger partial charge in [-0.05, 0) is 56.2 Å². The molecule has 1 heterocycles. The van der Waals surface area contributed by atoms with Gasteiger partial charge in [0.1, 0.15) is 5.75 Å². The Morgan fingerprint density at radius 1 is 1.14 bits per heavy atom. The van der Waals surface area contributed by atoms with Crippen molar-refractivity contribution >= 4 is 29.2 Å². The summed E-state index contributed by atoms with van der Waals surface area (Å²) in [5, 5.41) is 3.26. The number of nitrogens with one attached hydrogen (secondary N) is 1. The Hall–Kier alpha value is -2.93. The van der Waals surface area contributed by atoms with Crippen molar-refractivity contribution in [1.82, 2.24) is 0 Å². The third-order valence-electron chi connectivity index (χ3n) is 4.08. The maximum Gasteiger partial charge on any atom is 0.344 e. The molecule has 1 amide bonds. The van der Waals surface area contributed by atoms with E-state index in [9.17, 15) is 9.59 Å². The van der Waals surface area contributed by atoms with E-state index in [1.807, 2.05) is 13.8 Å². The summed E-state index contributed by atoms with van der Waals surface area (Å²) in [6, 6.07) is 8.51. The standard InChI is InChI=1S/C20H20ClNO6/c1-11-6-14(21)7-12(2)19(11)25-9-18(23)28-13(3)20(24)22-15-4-5-16-17(8-15)27-10-26-16/h4-8,13H,9-10H2,1-3H3,(H,22,24)/t13-/m0/s1. The fourth-order valence-corrected chi connectivity index (χ4v) is 3.09. The Morgan fingerprint density at radius 3 is 2.54 bits per heavy atom. The number of aryl methyl sites for hydroxylation is 2. The molecule has 148 valence electrons. The molecule has 2 aromatic rings. The summed E-state index contributed by atoms with van der Waals surface area (Å²) in [6.07, 6.45) is -0.992. The lowest BCUT2D eigenvalue weighted by Crippen LogP contribution is -2.31. The summed E-state index contributed by atoms with van der Waals surface area (Å²) in [4.78, 5) is 24.3. The number of rotatable bonds is 6. The zero-order valence-corrected chi connectivity index (χ0v) is 16.5. The Morgan fingerprint density at radius 2 is 1.82 bits per heavy atom. The van der Waals surface area contributed by atoms with Gasteiger partial charge in [-0.15, -0.1) is 0 Å². The van der Waals surface area contributed by atoms with E-state index in [4.69, 9.17) is 30.5 Å². The molecule has 0 spiro atoms. The van der Waals surface area contributed by atoms with Gasteiger partial charge in [-0.2, -0.15) is 0 Å². The molecule has 0 aromatic heterocycles. The van der Waals surface area contributed by atoms with E-state index in [-0.39, 0.29) is 13.4 Å². The number of carbonyl (C=O) groups excluding carboxylic acids is 2. The summed E-state index contributed by atoms with van der Waals surface area (Å²) >= 11 is 5.98. The Labute approximate surface area is 167 Å². The fraction of sp³-hybridized carbons (Fsp3) is 0.300. The highest BCUT2D eigenvalue weighted by molar-refractivity contribution is 6.30. The highest BCUT2D eigenvalue weighted by Gasteiger charge is 2.20. The second-order valence-electron chi connectivity index (χ2n) is 6.35. The van der Waals surface area contributed by atoms with E-state index in [0.717, 1.165) is 11.1 Å². The number of hydrogen-bond donors (Lipinski definition) is 1. The molecule has 3 rings (SSSR count). The largest absolute Gasteiger partial charge is 0.481 e. The number of hydrogen-bond acceptors (Lipinski definition) is 6. The molecular formula is C20H20ClNO6. The van der Waals surface area contributed by atoms with Crippen LogP contribution in [0, 0.1) is 13.8 Å². The van der Waals surface area contributed by atoms with Gasteiger partial charge >= 0.3 is 5.97 Å². The van der Waals surface area contributed by atoms with Crippen molar-refractivity contribution in [2.45, 2.75) is 26.9 Å². The lowest BCUT2D eigenvalue weighted by atomic mass is 10.1. The minimum absolute atomic E-state index is 0.146. The lowest BCUT2D eigenvalue weighted by molar-refractivity contribution is -0.155. The third-order valence-corrected chi connectivity index (χ3v) is 4.30. The zero-order valence-electron chi connectivity index (χ0n) is 15.7. The zero-order chi connectivity index (χ0) is 20.3. The van der Waals surface area contributed by atoms with Crippen LogP contribution in [-0.4, -0.2) is 31.4 Å². The first-order valence-electron chi connectivity index (χ1n) is 8.63. The number of benzene rings is 2. The van der Waals surface area contributed by atoms with E-state index in [2.05, 4.69) is 5.32 Å². The van der Waals surface area contributed by atoms with Gasteiger partial charge in [-0.1, -0.05) is 11.6 Å². The van der Waals surface area contributed by atoms with Crippen molar-refractivity contribution in [3.8, 4) is 17.2 Å². The van der Waals surface area contributed by atoms with Gasteiger partial charge < -0.3 is 24.3 Å². The second kappa shape index (κ2) is 8.39. The van der Waals surface area contributed by atoms with Crippen molar-refractivity contribution < 1.29 is 28.5 Å². The molecule has 0 saturated carbocycles. The van der Waals surface area contributed by atoms with Gasteiger partial charge in [-0.25, -0.2) is 4.79 Å². The molecule has 1 aliphatic heterocycles. The quantitative estimate of drug-likeness (QED) is 0.739. The predicted octanol–water partition coefficient (Wildman–Crippen LogP) is 3.63. The predicted molar refractivity (Wildman–Crippen MR) is 103 cm³/mol. The monoisotopic (exact) mass is 405 g/mol. The lowest BCUT2D eigenvalue weighted by Gasteiger charge is -2.15. The van der Waals surface area contributed by atoms with Crippen molar-refractivity contribution in [2.75, 3.05) is 18.7 Å². The third kappa shape index (κ3) is 4.67. The number of amides is 1. The van der Waals surface area contributed by atoms with Crippen LogP contribution in [0.5, 0.6) is 17.2 Å². The maximum absolute atomic E-state index is 12.3. The van der Waals surface area contributed by atoms with E-state index in [0.29, 0.717) is 28.0 Å². The van der Waals surface area contributed by atoms with Crippen LogP contribution >= 0.6 is 11.6 Å². The number of esters is 1. The first kappa shape index (κ1) is 19.8. The smallest absolute Gasteiger partial charge is 0.344 e. The molecule has 0 saturated heterocycles. The highest BCUT2D eigenvalue weighted by atomic mass is 35.5. The first-order chi connectivity index (χ1) is 13.3. The number of anilines is 1. The first-order valence-corrected chi connectivity index (χ1v) is 9.01. The molecule has 0 aliphatic carbocycles.